The fourth-order valence-corrected chi connectivity index (χ4v) is 12.6. The van der Waals surface area contributed by atoms with Crippen LogP contribution in [0.3, 0.4) is 0 Å². The SMILES string of the molecule is CCc1c(CC)c2sc3c(CC)c(CC)c4sc5c(CC)c(CC)c6sccc6c5c4c3c2c2ccsc12. The van der Waals surface area contributed by atoms with Crippen LogP contribution >= 0.6 is 45.3 Å². The third kappa shape index (κ3) is 3.06. The quantitative estimate of drug-likeness (QED) is 0.186. The first-order chi connectivity index (χ1) is 18.6. The lowest BCUT2D eigenvalue weighted by atomic mass is 9.90. The van der Waals surface area contributed by atoms with Gasteiger partial charge in [0.2, 0.25) is 0 Å². The first-order valence-electron chi connectivity index (χ1n) is 14.3. The Labute approximate surface area is 240 Å². The predicted molar refractivity (Wildman–Crippen MR) is 179 cm³/mol. The molecule has 0 spiro atoms. The second-order valence-electron chi connectivity index (χ2n) is 10.3. The molecule has 7 aromatic rings. The van der Waals surface area contributed by atoms with E-state index in [1.54, 1.807) is 73.7 Å². The van der Waals surface area contributed by atoms with Crippen LogP contribution in [0, 0.1) is 0 Å². The molecular weight excluding hydrogens is 537 g/mol. The van der Waals surface area contributed by atoms with Crippen LogP contribution in [-0.2, 0) is 38.5 Å². The second kappa shape index (κ2) is 9.30. The molecule has 0 atom stereocenters. The lowest BCUT2D eigenvalue weighted by Crippen LogP contribution is -1.93. The molecule has 7 rings (SSSR count). The summed E-state index contributed by atoms with van der Waals surface area (Å²) < 4.78 is 9.26. The number of rotatable bonds is 6. The Hall–Kier alpha value is -1.98. The summed E-state index contributed by atoms with van der Waals surface area (Å²) in [6, 6.07) is 4.83. The summed E-state index contributed by atoms with van der Waals surface area (Å²) in [5.41, 5.74) is 9.54. The van der Waals surface area contributed by atoms with Gasteiger partial charge in [0.15, 0.2) is 0 Å². The molecule has 0 fully saturated rings. The van der Waals surface area contributed by atoms with Crippen LogP contribution in [0.1, 0.15) is 74.9 Å². The smallest absolute Gasteiger partial charge is 0.0397 e. The number of aryl methyl sites for hydroxylation is 6. The van der Waals surface area contributed by atoms with Crippen molar-refractivity contribution in [1.82, 2.24) is 0 Å². The number of hydrogen-bond donors (Lipinski definition) is 0. The predicted octanol–water partition coefficient (Wildman–Crippen LogP) is 12.2. The van der Waals surface area contributed by atoms with Crippen LogP contribution in [0.5, 0.6) is 0 Å². The lowest BCUT2D eigenvalue weighted by Gasteiger charge is -2.12. The highest BCUT2D eigenvalue weighted by atomic mass is 32.1. The third-order valence-electron chi connectivity index (χ3n) is 8.79. The van der Waals surface area contributed by atoms with Crippen molar-refractivity contribution in [3.8, 4) is 0 Å². The fraction of sp³-hybridized carbons (Fsp3) is 0.353. The van der Waals surface area contributed by atoms with Crippen molar-refractivity contribution in [3.63, 3.8) is 0 Å². The molecule has 0 aliphatic heterocycles. The van der Waals surface area contributed by atoms with Gasteiger partial charge in [-0.2, -0.15) is 0 Å². The molecule has 4 aromatic heterocycles. The van der Waals surface area contributed by atoms with Crippen molar-refractivity contribution in [2.24, 2.45) is 0 Å². The normalized spacial score (nSPS) is 12.6. The van der Waals surface area contributed by atoms with Crippen LogP contribution in [0.15, 0.2) is 22.9 Å². The van der Waals surface area contributed by atoms with Crippen molar-refractivity contribution in [2.75, 3.05) is 0 Å². The maximum Gasteiger partial charge on any atom is 0.0397 e. The molecule has 0 amide bonds. The minimum Gasteiger partial charge on any atom is -0.143 e. The van der Waals surface area contributed by atoms with Gasteiger partial charge in [0.25, 0.3) is 0 Å². The Balaban J connectivity index is 1.88. The van der Waals surface area contributed by atoms with E-state index in [0.717, 1.165) is 38.5 Å². The van der Waals surface area contributed by atoms with E-state index in [2.05, 4.69) is 87.1 Å². The Morgan fingerprint density at radius 2 is 0.684 bits per heavy atom. The van der Waals surface area contributed by atoms with E-state index in [1.807, 2.05) is 22.7 Å². The average molecular weight is 571 g/mol. The monoisotopic (exact) mass is 570 g/mol. The van der Waals surface area contributed by atoms with Gasteiger partial charge >= 0.3 is 0 Å². The minimum absolute atomic E-state index is 1.10. The summed E-state index contributed by atoms with van der Waals surface area (Å²) in [5, 5.41) is 13.8. The molecule has 3 aromatic carbocycles. The maximum atomic E-state index is 2.42. The van der Waals surface area contributed by atoms with Gasteiger partial charge in [-0.1, -0.05) is 41.5 Å². The molecule has 0 nitrogen and oxygen atoms in total. The third-order valence-corrected chi connectivity index (χ3v) is 13.4. The summed E-state index contributed by atoms with van der Waals surface area (Å²) in [7, 11) is 0. The molecule has 0 saturated heterocycles. The van der Waals surface area contributed by atoms with Gasteiger partial charge < -0.3 is 0 Å². The van der Waals surface area contributed by atoms with E-state index in [0.29, 0.717) is 0 Å². The average Bonchev–Trinajstić information content (AvgIpc) is 3.73. The van der Waals surface area contributed by atoms with Crippen LogP contribution in [0.2, 0.25) is 0 Å². The van der Waals surface area contributed by atoms with E-state index in [9.17, 15) is 0 Å². The highest BCUT2D eigenvalue weighted by molar-refractivity contribution is 7.29. The summed E-state index contributed by atoms with van der Waals surface area (Å²) in [6.07, 6.45) is 6.62. The molecule has 38 heavy (non-hydrogen) atoms. The molecule has 4 heterocycles. The number of thiophene rings is 4. The molecule has 0 aliphatic rings. The van der Waals surface area contributed by atoms with E-state index in [4.69, 9.17) is 0 Å². The van der Waals surface area contributed by atoms with Crippen molar-refractivity contribution in [1.29, 1.82) is 0 Å². The van der Waals surface area contributed by atoms with Crippen molar-refractivity contribution in [2.45, 2.75) is 80.1 Å². The number of fused-ring (bicyclic) bond motifs is 11. The van der Waals surface area contributed by atoms with E-state index in [1.165, 1.54) is 20.2 Å². The zero-order valence-corrected chi connectivity index (χ0v) is 26.5. The molecular formula is C34H34S4. The van der Waals surface area contributed by atoms with Crippen LogP contribution in [0.4, 0.5) is 0 Å². The van der Waals surface area contributed by atoms with Gasteiger partial charge in [-0.3, -0.25) is 0 Å². The van der Waals surface area contributed by atoms with E-state index < -0.39 is 0 Å². The molecule has 0 aliphatic carbocycles. The molecule has 0 N–H and O–H groups in total. The topological polar surface area (TPSA) is 0 Å². The molecule has 0 unspecified atom stereocenters. The summed E-state index contributed by atoms with van der Waals surface area (Å²) >= 11 is 8.10. The molecule has 0 bridgehead atoms. The summed E-state index contributed by atoms with van der Waals surface area (Å²) in [6.45, 7) is 14.2. The maximum absolute atomic E-state index is 2.42. The van der Waals surface area contributed by atoms with Crippen molar-refractivity contribution >= 4 is 106 Å². The van der Waals surface area contributed by atoms with Gasteiger partial charge in [0.1, 0.15) is 0 Å². The summed E-state index contributed by atoms with van der Waals surface area (Å²) in [5.74, 6) is 0. The highest BCUT2D eigenvalue weighted by Crippen LogP contribution is 2.54. The first-order valence-corrected chi connectivity index (χ1v) is 17.7. The molecule has 194 valence electrons. The van der Waals surface area contributed by atoms with Gasteiger partial charge in [-0.05, 0) is 94.8 Å². The van der Waals surface area contributed by atoms with Gasteiger partial charge in [0, 0.05) is 60.5 Å². The van der Waals surface area contributed by atoms with Gasteiger partial charge in [-0.15, -0.1) is 45.3 Å². The number of benzene rings is 3. The summed E-state index contributed by atoms with van der Waals surface area (Å²) in [4.78, 5) is 0. The Kier molecular flexibility index (Phi) is 6.12. The first kappa shape index (κ1) is 25.0. The minimum atomic E-state index is 1.10. The second-order valence-corrected chi connectivity index (χ2v) is 14.2. The van der Waals surface area contributed by atoms with E-state index in [-0.39, 0.29) is 0 Å². The zero-order chi connectivity index (χ0) is 26.3. The zero-order valence-electron chi connectivity index (χ0n) is 23.2. The molecule has 4 heteroatoms. The Morgan fingerprint density at radius 1 is 0.395 bits per heavy atom. The van der Waals surface area contributed by atoms with Crippen molar-refractivity contribution in [3.05, 3.63) is 56.3 Å². The lowest BCUT2D eigenvalue weighted by molar-refractivity contribution is 1.07. The largest absolute Gasteiger partial charge is 0.143 e. The van der Waals surface area contributed by atoms with E-state index >= 15 is 0 Å². The van der Waals surface area contributed by atoms with Crippen LogP contribution in [-0.4, -0.2) is 0 Å². The van der Waals surface area contributed by atoms with Crippen LogP contribution < -0.4 is 0 Å². The standard InChI is InChI=1S/C34H34S4/c1-7-17-19(9-3)31-25(23-13-15-35-29(17)23)27-28-26-24-14-16-36-30(24)18(8-2)20(10-4)32(26)38-34(28)22(12-6)21(11-5)33(27)37-31/h13-16H,7-12H2,1-6H3. The molecule has 0 radical (unpaired) electrons. The Bertz CT molecular complexity index is 1890. The highest BCUT2D eigenvalue weighted by Gasteiger charge is 2.27. The fourth-order valence-electron chi connectivity index (χ4n) is 7.25. The molecule has 0 saturated carbocycles. The van der Waals surface area contributed by atoms with Crippen molar-refractivity contribution < 1.29 is 0 Å². The van der Waals surface area contributed by atoms with Gasteiger partial charge in [-0.25, -0.2) is 0 Å². The van der Waals surface area contributed by atoms with Crippen LogP contribution in [0.25, 0.3) is 60.5 Å². The Morgan fingerprint density at radius 3 is 1.00 bits per heavy atom. The number of hydrogen-bond acceptors (Lipinski definition) is 4. The van der Waals surface area contributed by atoms with Gasteiger partial charge in [0.05, 0.1) is 0 Å².